The van der Waals surface area contributed by atoms with Crippen molar-refractivity contribution in [2.24, 2.45) is 0 Å². The summed E-state index contributed by atoms with van der Waals surface area (Å²) in [5.74, 6) is -0.258. The van der Waals surface area contributed by atoms with Crippen LogP contribution in [0.2, 0.25) is 0 Å². The van der Waals surface area contributed by atoms with Crippen LogP contribution in [0.3, 0.4) is 0 Å². The summed E-state index contributed by atoms with van der Waals surface area (Å²) in [5.41, 5.74) is 2.74. The first-order chi connectivity index (χ1) is 8.16. The number of rotatable bonds is 3. The van der Waals surface area contributed by atoms with Crippen LogP contribution < -0.4 is 0 Å². The van der Waals surface area contributed by atoms with Gasteiger partial charge in [0.2, 0.25) is 0 Å². The van der Waals surface area contributed by atoms with E-state index in [1.54, 1.807) is 6.07 Å². The Labute approximate surface area is 111 Å². The van der Waals surface area contributed by atoms with Crippen molar-refractivity contribution in [1.82, 2.24) is 0 Å². The smallest absolute Gasteiger partial charge is 0.123 e. The van der Waals surface area contributed by atoms with E-state index in [0.29, 0.717) is 10.6 Å². The summed E-state index contributed by atoms with van der Waals surface area (Å²) < 4.78 is 13.6. The fraction of sp³-hybridized carbons (Fsp3) is 0.0714. The van der Waals surface area contributed by atoms with Crippen LogP contribution in [0.15, 0.2) is 48.5 Å². The van der Waals surface area contributed by atoms with E-state index in [4.69, 9.17) is 24.8 Å². The fourth-order valence-corrected chi connectivity index (χ4v) is 2.12. The van der Waals surface area contributed by atoms with E-state index in [9.17, 15) is 4.39 Å². The maximum atomic E-state index is 13.2. The van der Waals surface area contributed by atoms with Crippen molar-refractivity contribution >= 4 is 29.0 Å². The van der Waals surface area contributed by atoms with Crippen LogP contribution in [0.1, 0.15) is 16.7 Å². The van der Waals surface area contributed by atoms with Gasteiger partial charge in [0.05, 0.1) is 0 Å². The van der Waals surface area contributed by atoms with Crippen molar-refractivity contribution in [2.75, 3.05) is 0 Å². The van der Waals surface area contributed by atoms with E-state index in [-0.39, 0.29) is 5.82 Å². The molecule has 0 aromatic heterocycles. The highest BCUT2D eigenvalue weighted by atomic mass is 32.1. The van der Waals surface area contributed by atoms with E-state index in [2.05, 4.69) is 0 Å². The van der Waals surface area contributed by atoms with E-state index in [0.717, 1.165) is 16.7 Å². The third-order valence-electron chi connectivity index (χ3n) is 2.52. The summed E-state index contributed by atoms with van der Waals surface area (Å²) in [5, 5.41) is 0. The van der Waals surface area contributed by atoms with Crippen LogP contribution in [-0.4, -0.2) is 4.20 Å². The summed E-state index contributed by atoms with van der Waals surface area (Å²) >= 11 is 10.0. The van der Waals surface area contributed by atoms with Crippen molar-refractivity contribution in [1.29, 1.82) is 0 Å². The molecule has 0 aliphatic carbocycles. The molecule has 0 spiro atoms. The van der Waals surface area contributed by atoms with Crippen molar-refractivity contribution in [2.45, 2.75) is 6.42 Å². The number of hydrogen-bond donors (Lipinski definition) is 0. The van der Waals surface area contributed by atoms with Gasteiger partial charge in [0.1, 0.15) is 5.82 Å². The molecule has 0 saturated carbocycles. The highest BCUT2D eigenvalue weighted by Crippen LogP contribution is 2.17. The molecule has 3 heteroatoms. The summed E-state index contributed by atoms with van der Waals surface area (Å²) in [6.45, 7) is 0. The zero-order chi connectivity index (χ0) is 12.3. The summed E-state index contributed by atoms with van der Waals surface area (Å²) in [6, 6.07) is 14.4. The van der Waals surface area contributed by atoms with Crippen LogP contribution in [0.4, 0.5) is 4.39 Å². The lowest BCUT2D eigenvalue weighted by Gasteiger charge is -2.13. The van der Waals surface area contributed by atoms with Crippen molar-refractivity contribution < 1.29 is 4.39 Å². The summed E-state index contributed by atoms with van der Waals surface area (Å²) in [4.78, 5) is 0. The van der Waals surface area contributed by atoms with Gasteiger partial charge >= 0.3 is 0 Å². The lowest BCUT2D eigenvalue weighted by Crippen LogP contribution is -2.01. The standard InChI is InChI=1S/C14H11FS2/c15-12-6-7-13(14(16)17)11(9-12)8-10-4-2-1-3-5-10/h1-7,9H,8H2,(H,16,17)/p-1. The molecule has 0 saturated heterocycles. The molecule has 0 nitrogen and oxygen atoms in total. The van der Waals surface area contributed by atoms with Gasteiger partial charge in [-0.3, -0.25) is 0 Å². The van der Waals surface area contributed by atoms with Gasteiger partial charge in [-0.1, -0.05) is 36.4 Å². The van der Waals surface area contributed by atoms with Gasteiger partial charge < -0.3 is 24.8 Å². The Bertz CT molecular complexity index is 535. The van der Waals surface area contributed by atoms with Gasteiger partial charge in [0, 0.05) is 0 Å². The maximum Gasteiger partial charge on any atom is 0.123 e. The van der Waals surface area contributed by atoms with Gasteiger partial charge in [0.15, 0.2) is 0 Å². The Balaban J connectivity index is 2.37. The number of benzene rings is 2. The van der Waals surface area contributed by atoms with E-state index >= 15 is 0 Å². The first-order valence-electron chi connectivity index (χ1n) is 5.20. The van der Waals surface area contributed by atoms with Crippen LogP contribution in [0.25, 0.3) is 0 Å². The molecule has 0 N–H and O–H groups in total. The van der Waals surface area contributed by atoms with Crippen LogP contribution in [0, 0.1) is 5.82 Å². The topological polar surface area (TPSA) is 0 Å². The predicted octanol–water partition coefficient (Wildman–Crippen LogP) is 3.64. The molecule has 2 aromatic rings. The quantitative estimate of drug-likeness (QED) is 0.611. The average molecular weight is 261 g/mol. The molecule has 0 amide bonds. The highest BCUT2D eigenvalue weighted by molar-refractivity contribution is 8.01. The molecular formula is C14H10FS2-. The first kappa shape index (κ1) is 12.1. The molecule has 0 unspecified atom stereocenters. The predicted molar refractivity (Wildman–Crippen MR) is 74.7 cm³/mol. The Morgan fingerprint density at radius 2 is 1.82 bits per heavy atom. The number of hydrogen-bond acceptors (Lipinski definition) is 2. The van der Waals surface area contributed by atoms with Crippen LogP contribution in [-0.2, 0) is 19.0 Å². The summed E-state index contributed by atoms with van der Waals surface area (Å²) in [7, 11) is 0. The normalized spacial score (nSPS) is 10.2. The lowest BCUT2D eigenvalue weighted by molar-refractivity contribution is 0.626. The molecule has 2 rings (SSSR count). The molecular weight excluding hydrogens is 251 g/mol. The molecule has 0 aliphatic heterocycles. The van der Waals surface area contributed by atoms with Crippen molar-refractivity contribution in [3.63, 3.8) is 0 Å². The van der Waals surface area contributed by atoms with Gasteiger partial charge in [-0.2, -0.15) is 0 Å². The minimum atomic E-state index is -0.258. The Morgan fingerprint density at radius 1 is 1.12 bits per heavy atom. The monoisotopic (exact) mass is 261 g/mol. The molecule has 0 bridgehead atoms. The van der Waals surface area contributed by atoms with Gasteiger partial charge in [-0.15, -0.1) is 4.20 Å². The fourth-order valence-electron chi connectivity index (χ4n) is 1.72. The Hall–Kier alpha value is -1.32. The zero-order valence-corrected chi connectivity index (χ0v) is 10.7. The number of halogens is 1. The maximum absolute atomic E-state index is 13.2. The molecule has 0 atom stereocenters. The Morgan fingerprint density at radius 3 is 2.47 bits per heavy atom. The van der Waals surface area contributed by atoms with Gasteiger partial charge in [-0.05, 0) is 35.2 Å². The first-order valence-corrected chi connectivity index (χ1v) is 6.02. The van der Waals surface area contributed by atoms with E-state index in [1.807, 2.05) is 30.3 Å². The second kappa shape index (κ2) is 5.34. The van der Waals surface area contributed by atoms with Crippen molar-refractivity contribution in [3.8, 4) is 0 Å². The minimum absolute atomic E-state index is 0.258. The van der Waals surface area contributed by atoms with E-state index in [1.165, 1.54) is 12.1 Å². The molecule has 17 heavy (non-hydrogen) atoms. The molecule has 86 valence electrons. The second-order valence-electron chi connectivity index (χ2n) is 3.75. The highest BCUT2D eigenvalue weighted by Gasteiger charge is 2.04. The SMILES string of the molecule is Fc1ccc(C(=S)[S-])c(Cc2ccccc2)c1. The molecule has 0 radical (unpaired) electrons. The van der Waals surface area contributed by atoms with Crippen molar-refractivity contribution in [3.05, 3.63) is 71.0 Å². The molecule has 0 aliphatic rings. The van der Waals surface area contributed by atoms with Gasteiger partial charge in [0.25, 0.3) is 0 Å². The third-order valence-corrected chi connectivity index (χ3v) is 2.96. The average Bonchev–Trinajstić information content (AvgIpc) is 2.30. The second-order valence-corrected chi connectivity index (χ2v) is 4.83. The third kappa shape index (κ3) is 3.08. The lowest BCUT2D eigenvalue weighted by atomic mass is 10.0. The van der Waals surface area contributed by atoms with Crippen LogP contribution in [0.5, 0.6) is 0 Å². The molecule has 2 aromatic carbocycles. The van der Waals surface area contributed by atoms with Gasteiger partial charge in [-0.25, -0.2) is 4.39 Å². The molecule has 0 fully saturated rings. The summed E-state index contributed by atoms with van der Waals surface area (Å²) in [6.07, 6.45) is 0.644. The van der Waals surface area contributed by atoms with E-state index < -0.39 is 0 Å². The Kier molecular flexibility index (Phi) is 3.82. The largest absolute Gasteiger partial charge is 0.428 e. The zero-order valence-electron chi connectivity index (χ0n) is 9.02. The van der Waals surface area contributed by atoms with Crippen LogP contribution >= 0.6 is 12.2 Å². The minimum Gasteiger partial charge on any atom is -0.428 e. The number of thiocarbonyl (C=S) groups is 1. The molecule has 0 heterocycles.